The highest BCUT2D eigenvalue weighted by atomic mass is 35.5. The maximum absolute atomic E-state index is 10.7. The van der Waals surface area contributed by atoms with E-state index in [-0.39, 0.29) is 10.7 Å². The van der Waals surface area contributed by atoms with E-state index in [0.717, 1.165) is 18.5 Å². The molecule has 1 saturated carbocycles. The van der Waals surface area contributed by atoms with Crippen LogP contribution in [0.1, 0.15) is 39.5 Å². The first-order chi connectivity index (χ1) is 8.87. The van der Waals surface area contributed by atoms with Crippen LogP contribution in [0.25, 0.3) is 0 Å². The standard InChI is InChI=1S/C14H19ClN2O2/c1-14(2)7-5-10(6-8-14)16-11-3-4-13(17(18)19)12(15)9-11/h3-4,9-10,16H,5-8H2,1-2H3. The molecule has 104 valence electrons. The fourth-order valence-electron chi connectivity index (χ4n) is 2.52. The van der Waals surface area contributed by atoms with Crippen molar-refractivity contribution in [2.45, 2.75) is 45.6 Å². The van der Waals surface area contributed by atoms with Gasteiger partial charge in [0.25, 0.3) is 5.69 Å². The fourth-order valence-corrected chi connectivity index (χ4v) is 2.77. The molecule has 19 heavy (non-hydrogen) atoms. The molecule has 4 nitrogen and oxygen atoms in total. The van der Waals surface area contributed by atoms with Crippen LogP contribution in [0.3, 0.4) is 0 Å². The molecule has 0 saturated heterocycles. The van der Waals surface area contributed by atoms with Gasteiger partial charge in [-0.2, -0.15) is 0 Å². The van der Waals surface area contributed by atoms with E-state index in [1.807, 2.05) is 0 Å². The predicted molar refractivity (Wildman–Crippen MR) is 77.8 cm³/mol. The van der Waals surface area contributed by atoms with Crippen molar-refractivity contribution in [3.8, 4) is 0 Å². The summed E-state index contributed by atoms with van der Waals surface area (Å²) < 4.78 is 0. The van der Waals surface area contributed by atoms with E-state index in [1.54, 1.807) is 12.1 Å². The molecule has 0 amide bonds. The minimum Gasteiger partial charge on any atom is -0.382 e. The third kappa shape index (κ3) is 3.60. The molecule has 2 rings (SSSR count). The van der Waals surface area contributed by atoms with E-state index in [9.17, 15) is 10.1 Å². The van der Waals surface area contributed by atoms with Crippen LogP contribution in [0.15, 0.2) is 18.2 Å². The monoisotopic (exact) mass is 282 g/mol. The summed E-state index contributed by atoms with van der Waals surface area (Å²) in [5.41, 5.74) is 1.25. The smallest absolute Gasteiger partial charge is 0.288 e. The molecule has 0 unspecified atom stereocenters. The summed E-state index contributed by atoms with van der Waals surface area (Å²) in [7, 11) is 0. The average molecular weight is 283 g/mol. The van der Waals surface area contributed by atoms with Crippen LogP contribution in [0.4, 0.5) is 11.4 Å². The molecule has 5 heteroatoms. The molecule has 1 fully saturated rings. The minimum atomic E-state index is -0.463. The zero-order chi connectivity index (χ0) is 14.0. The molecule has 1 aromatic carbocycles. The average Bonchev–Trinajstić information content (AvgIpc) is 2.31. The van der Waals surface area contributed by atoms with Crippen LogP contribution in [-0.4, -0.2) is 11.0 Å². The van der Waals surface area contributed by atoms with Gasteiger partial charge in [0.1, 0.15) is 5.02 Å². The Kier molecular flexibility index (Phi) is 3.99. The second-order valence-electron chi connectivity index (χ2n) is 6.01. The number of anilines is 1. The Morgan fingerprint density at radius 3 is 2.53 bits per heavy atom. The Labute approximate surface area is 118 Å². The summed E-state index contributed by atoms with van der Waals surface area (Å²) in [6, 6.07) is 5.26. The Bertz CT molecular complexity index is 478. The molecule has 0 aliphatic heterocycles. The maximum Gasteiger partial charge on any atom is 0.288 e. The molecular weight excluding hydrogens is 264 g/mol. The molecule has 1 aliphatic carbocycles. The quantitative estimate of drug-likeness (QED) is 0.649. The summed E-state index contributed by atoms with van der Waals surface area (Å²) >= 11 is 5.91. The Morgan fingerprint density at radius 1 is 1.37 bits per heavy atom. The molecule has 0 atom stereocenters. The second-order valence-corrected chi connectivity index (χ2v) is 6.41. The van der Waals surface area contributed by atoms with Crippen LogP contribution in [0.2, 0.25) is 5.02 Å². The minimum absolute atomic E-state index is 0.0444. The van der Waals surface area contributed by atoms with Crippen molar-refractivity contribution >= 4 is 23.0 Å². The van der Waals surface area contributed by atoms with Gasteiger partial charge in [0.05, 0.1) is 4.92 Å². The van der Waals surface area contributed by atoms with Gasteiger partial charge >= 0.3 is 0 Å². The number of rotatable bonds is 3. The topological polar surface area (TPSA) is 55.2 Å². The van der Waals surface area contributed by atoms with E-state index in [2.05, 4.69) is 19.2 Å². The zero-order valence-electron chi connectivity index (χ0n) is 11.3. The fraction of sp³-hybridized carbons (Fsp3) is 0.571. The number of nitrogens with zero attached hydrogens (tertiary/aromatic N) is 1. The van der Waals surface area contributed by atoms with E-state index >= 15 is 0 Å². The second kappa shape index (κ2) is 5.37. The first-order valence-electron chi connectivity index (χ1n) is 6.58. The molecule has 0 aromatic heterocycles. The van der Waals surface area contributed by atoms with Crippen LogP contribution in [-0.2, 0) is 0 Å². The van der Waals surface area contributed by atoms with Crippen LogP contribution < -0.4 is 5.32 Å². The lowest BCUT2D eigenvalue weighted by Crippen LogP contribution is -2.29. The van der Waals surface area contributed by atoms with Crippen molar-refractivity contribution in [1.82, 2.24) is 0 Å². The largest absolute Gasteiger partial charge is 0.382 e. The van der Waals surface area contributed by atoms with Crippen molar-refractivity contribution in [3.63, 3.8) is 0 Å². The van der Waals surface area contributed by atoms with Gasteiger partial charge in [0.15, 0.2) is 0 Å². The first-order valence-corrected chi connectivity index (χ1v) is 6.96. The van der Waals surface area contributed by atoms with Gasteiger partial charge in [-0.15, -0.1) is 0 Å². The van der Waals surface area contributed by atoms with Crippen molar-refractivity contribution < 1.29 is 4.92 Å². The number of nitrogens with one attached hydrogen (secondary N) is 1. The normalized spacial score (nSPS) is 19.1. The first kappa shape index (κ1) is 14.1. The Hall–Kier alpha value is -1.29. The van der Waals surface area contributed by atoms with E-state index in [1.165, 1.54) is 18.9 Å². The van der Waals surface area contributed by atoms with Crippen molar-refractivity contribution in [3.05, 3.63) is 33.3 Å². The molecule has 0 radical (unpaired) electrons. The highest BCUT2D eigenvalue weighted by molar-refractivity contribution is 6.32. The van der Waals surface area contributed by atoms with Gasteiger partial charge in [0, 0.05) is 17.8 Å². The summed E-state index contributed by atoms with van der Waals surface area (Å²) in [6.07, 6.45) is 4.65. The van der Waals surface area contributed by atoms with Gasteiger partial charge in [-0.25, -0.2) is 0 Å². The molecule has 1 aromatic rings. The van der Waals surface area contributed by atoms with E-state index in [0.29, 0.717) is 11.5 Å². The maximum atomic E-state index is 10.7. The van der Waals surface area contributed by atoms with Gasteiger partial charge in [-0.3, -0.25) is 10.1 Å². The van der Waals surface area contributed by atoms with Crippen molar-refractivity contribution in [2.24, 2.45) is 5.41 Å². The van der Waals surface area contributed by atoms with Crippen LogP contribution >= 0.6 is 11.6 Å². The molecule has 0 spiro atoms. The highest BCUT2D eigenvalue weighted by Gasteiger charge is 2.26. The number of halogens is 1. The SMILES string of the molecule is CC1(C)CCC(Nc2ccc([N+](=O)[O-])c(Cl)c2)CC1. The Balaban J connectivity index is 2.01. The summed E-state index contributed by atoms with van der Waals surface area (Å²) in [6.45, 7) is 4.60. The van der Waals surface area contributed by atoms with Crippen LogP contribution in [0.5, 0.6) is 0 Å². The third-order valence-corrected chi connectivity index (χ3v) is 4.16. The van der Waals surface area contributed by atoms with E-state index in [4.69, 9.17) is 11.6 Å². The third-order valence-electron chi connectivity index (χ3n) is 3.85. The van der Waals surface area contributed by atoms with Gasteiger partial charge in [0.2, 0.25) is 0 Å². The molecule has 1 aliphatic rings. The highest BCUT2D eigenvalue weighted by Crippen LogP contribution is 2.36. The lowest BCUT2D eigenvalue weighted by molar-refractivity contribution is -0.384. The number of benzene rings is 1. The number of nitro benzene ring substituents is 1. The predicted octanol–water partition coefficient (Wildman–Crippen LogP) is 4.63. The van der Waals surface area contributed by atoms with Crippen molar-refractivity contribution in [1.29, 1.82) is 0 Å². The summed E-state index contributed by atoms with van der Waals surface area (Å²) in [5.74, 6) is 0. The molecule has 0 heterocycles. The van der Waals surface area contributed by atoms with Gasteiger partial charge in [-0.1, -0.05) is 25.4 Å². The summed E-state index contributed by atoms with van der Waals surface area (Å²) in [5, 5.41) is 14.3. The molecular formula is C14H19ClN2O2. The van der Waals surface area contributed by atoms with Gasteiger partial charge in [-0.05, 0) is 43.2 Å². The number of nitro groups is 1. The number of hydrogen-bond acceptors (Lipinski definition) is 3. The Morgan fingerprint density at radius 2 is 2.00 bits per heavy atom. The molecule has 0 bridgehead atoms. The molecule has 1 N–H and O–H groups in total. The lowest BCUT2D eigenvalue weighted by atomic mass is 9.75. The zero-order valence-corrected chi connectivity index (χ0v) is 12.0. The van der Waals surface area contributed by atoms with E-state index < -0.39 is 4.92 Å². The van der Waals surface area contributed by atoms with Crippen molar-refractivity contribution in [2.75, 3.05) is 5.32 Å². The lowest BCUT2D eigenvalue weighted by Gasteiger charge is -2.35. The van der Waals surface area contributed by atoms with Crippen LogP contribution in [0, 0.1) is 15.5 Å². The van der Waals surface area contributed by atoms with Gasteiger partial charge < -0.3 is 5.32 Å². The summed E-state index contributed by atoms with van der Waals surface area (Å²) in [4.78, 5) is 10.2. The number of hydrogen-bond donors (Lipinski definition) is 1.